The lowest BCUT2D eigenvalue weighted by Crippen LogP contribution is -2.33. The van der Waals surface area contributed by atoms with Gasteiger partial charge in [-0.2, -0.15) is 0 Å². The third-order valence-electron chi connectivity index (χ3n) is 5.70. The molecule has 2 aliphatic carbocycles. The maximum atomic E-state index is 12.9. The fraction of sp³-hybridized carbons (Fsp3) is 0.588. The molecule has 0 spiro atoms. The Morgan fingerprint density at radius 3 is 2.26 bits per heavy atom. The van der Waals surface area contributed by atoms with Crippen LogP contribution in [0.5, 0.6) is 0 Å². The minimum Gasteiger partial charge on any atom is -0.366 e. The molecule has 1 aromatic rings. The van der Waals surface area contributed by atoms with Crippen molar-refractivity contribution >= 4 is 34.1 Å². The first-order valence-electron chi connectivity index (χ1n) is 8.21. The number of nitrogens with zero attached hydrogens (tertiary/aromatic N) is 1. The van der Waals surface area contributed by atoms with Crippen molar-refractivity contribution in [3.8, 4) is 0 Å². The average Bonchev–Trinajstić information content (AvgIpc) is 3.21. The largest absolute Gasteiger partial charge is 0.366 e. The molecule has 1 aromatic heterocycles. The summed E-state index contributed by atoms with van der Waals surface area (Å²) < 4.78 is 0. The van der Waals surface area contributed by atoms with Gasteiger partial charge in [-0.1, -0.05) is 13.8 Å². The molecule has 3 amide bonds. The Morgan fingerprint density at radius 1 is 1.22 bits per heavy atom. The normalized spacial score (nSPS) is 32.2. The number of primary amides is 1. The highest BCUT2D eigenvalue weighted by Gasteiger charge is 2.61. The number of amides is 3. The minimum atomic E-state index is -0.580. The molecule has 0 aromatic carbocycles. The van der Waals surface area contributed by atoms with E-state index in [9.17, 15) is 14.4 Å². The van der Waals surface area contributed by atoms with Crippen molar-refractivity contribution in [3.05, 3.63) is 16.5 Å². The lowest BCUT2D eigenvalue weighted by molar-refractivity contribution is -0.123. The van der Waals surface area contributed by atoms with E-state index in [1.165, 1.54) is 16.2 Å². The number of imide groups is 1. The second-order valence-electron chi connectivity index (χ2n) is 7.28. The summed E-state index contributed by atoms with van der Waals surface area (Å²) in [5, 5.41) is 0.435. The SMILES string of the molecule is CC(C)c1cc(C(N)=O)c(N2C(=O)[C@@H]3[C@H]4CC[C@@H](C4)[C@H]3C2=O)s1. The van der Waals surface area contributed by atoms with Crippen molar-refractivity contribution in [1.82, 2.24) is 0 Å². The topological polar surface area (TPSA) is 80.5 Å². The van der Waals surface area contributed by atoms with Crippen molar-refractivity contribution < 1.29 is 14.4 Å². The number of hydrogen-bond donors (Lipinski definition) is 1. The quantitative estimate of drug-likeness (QED) is 0.864. The summed E-state index contributed by atoms with van der Waals surface area (Å²) >= 11 is 1.35. The first kappa shape index (κ1) is 14.9. The fourth-order valence-corrected chi connectivity index (χ4v) is 5.81. The molecule has 1 saturated heterocycles. The number of carbonyl (C=O) groups is 3. The third kappa shape index (κ3) is 1.94. The number of thiophene rings is 1. The van der Waals surface area contributed by atoms with Gasteiger partial charge >= 0.3 is 0 Å². The highest BCUT2D eigenvalue weighted by molar-refractivity contribution is 7.17. The van der Waals surface area contributed by atoms with E-state index in [0.717, 1.165) is 24.1 Å². The second-order valence-corrected chi connectivity index (χ2v) is 8.35. The Hall–Kier alpha value is -1.69. The van der Waals surface area contributed by atoms with Crippen molar-refractivity contribution in [2.75, 3.05) is 4.90 Å². The lowest BCUT2D eigenvalue weighted by atomic mass is 9.81. The average molecular weight is 332 g/mol. The standard InChI is InChI=1S/C17H20N2O3S/c1-7(2)11-6-10(14(18)20)17(23-11)19-15(21)12-8-3-4-9(5-8)13(12)16(19)22/h6-9,12-13H,3-5H2,1-2H3,(H2,18,20)/t8-,9-,12+,13+/m0/s1. The Morgan fingerprint density at radius 2 is 1.78 bits per heavy atom. The molecule has 3 fully saturated rings. The highest BCUT2D eigenvalue weighted by Crippen LogP contribution is 2.57. The summed E-state index contributed by atoms with van der Waals surface area (Å²) in [6.07, 6.45) is 3.09. The van der Waals surface area contributed by atoms with E-state index in [4.69, 9.17) is 5.73 Å². The zero-order valence-electron chi connectivity index (χ0n) is 13.2. The van der Waals surface area contributed by atoms with Gasteiger partial charge in [0.15, 0.2) is 0 Å². The summed E-state index contributed by atoms with van der Waals surface area (Å²) in [7, 11) is 0. The van der Waals surface area contributed by atoms with Crippen LogP contribution >= 0.6 is 11.3 Å². The molecule has 2 N–H and O–H groups in total. The Bertz CT molecular complexity index is 695. The van der Waals surface area contributed by atoms with Crippen LogP contribution in [0.15, 0.2) is 6.07 Å². The van der Waals surface area contributed by atoms with Gasteiger partial charge in [-0.15, -0.1) is 11.3 Å². The van der Waals surface area contributed by atoms with Gasteiger partial charge in [-0.3, -0.25) is 14.4 Å². The molecule has 4 atom stereocenters. The lowest BCUT2D eigenvalue weighted by Gasteiger charge is -2.19. The van der Waals surface area contributed by atoms with E-state index in [2.05, 4.69) is 0 Å². The van der Waals surface area contributed by atoms with Gasteiger partial charge in [0.1, 0.15) is 5.00 Å². The van der Waals surface area contributed by atoms with Crippen molar-refractivity contribution in [1.29, 1.82) is 0 Å². The summed E-state index contributed by atoms with van der Waals surface area (Å²) in [6.45, 7) is 4.03. The van der Waals surface area contributed by atoms with Gasteiger partial charge in [0.05, 0.1) is 17.4 Å². The monoisotopic (exact) mass is 332 g/mol. The van der Waals surface area contributed by atoms with Crippen molar-refractivity contribution in [2.24, 2.45) is 29.4 Å². The van der Waals surface area contributed by atoms with E-state index in [1.54, 1.807) is 6.07 Å². The van der Waals surface area contributed by atoms with Gasteiger partial charge < -0.3 is 5.73 Å². The smallest absolute Gasteiger partial charge is 0.251 e. The highest BCUT2D eigenvalue weighted by atomic mass is 32.1. The molecule has 6 heteroatoms. The molecule has 2 saturated carbocycles. The third-order valence-corrected chi connectivity index (χ3v) is 7.12. The van der Waals surface area contributed by atoms with Gasteiger partial charge in [-0.25, -0.2) is 4.90 Å². The number of carbonyl (C=O) groups excluding carboxylic acids is 3. The predicted octanol–water partition coefficient (Wildman–Crippen LogP) is 2.51. The minimum absolute atomic E-state index is 0.119. The van der Waals surface area contributed by atoms with Gasteiger partial charge in [-0.05, 0) is 43.1 Å². The summed E-state index contributed by atoms with van der Waals surface area (Å²) in [5.41, 5.74) is 5.79. The summed E-state index contributed by atoms with van der Waals surface area (Å²) in [5.74, 6) is -0.267. The Balaban J connectivity index is 1.78. The van der Waals surface area contributed by atoms with Crippen molar-refractivity contribution in [2.45, 2.75) is 39.0 Å². The van der Waals surface area contributed by atoms with Crippen LogP contribution in [0.1, 0.15) is 54.3 Å². The van der Waals surface area contributed by atoms with Crippen LogP contribution in [-0.2, 0) is 9.59 Å². The van der Waals surface area contributed by atoms with Crippen LogP contribution in [-0.4, -0.2) is 17.7 Å². The van der Waals surface area contributed by atoms with Crippen molar-refractivity contribution in [3.63, 3.8) is 0 Å². The van der Waals surface area contributed by atoms with Gasteiger partial charge in [0.25, 0.3) is 5.91 Å². The molecule has 1 aliphatic heterocycles. The maximum absolute atomic E-state index is 12.9. The number of nitrogens with two attached hydrogens (primary N) is 1. The molecule has 4 rings (SSSR count). The van der Waals surface area contributed by atoms with E-state index < -0.39 is 5.91 Å². The van der Waals surface area contributed by atoms with Crippen LogP contribution in [0.3, 0.4) is 0 Å². The van der Waals surface area contributed by atoms with Crippen LogP contribution in [0, 0.1) is 23.7 Å². The molecule has 23 heavy (non-hydrogen) atoms. The molecule has 2 heterocycles. The van der Waals surface area contributed by atoms with Gasteiger partial charge in [0.2, 0.25) is 11.8 Å². The van der Waals surface area contributed by atoms with E-state index in [0.29, 0.717) is 22.4 Å². The molecule has 0 radical (unpaired) electrons. The first-order chi connectivity index (χ1) is 10.9. The molecular weight excluding hydrogens is 312 g/mol. The number of anilines is 1. The summed E-state index contributed by atoms with van der Waals surface area (Å²) in [6, 6.07) is 1.73. The summed E-state index contributed by atoms with van der Waals surface area (Å²) in [4.78, 5) is 39.8. The molecule has 122 valence electrons. The zero-order chi connectivity index (χ0) is 16.5. The zero-order valence-corrected chi connectivity index (χ0v) is 14.1. The number of hydrogen-bond acceptors (Lipinski definition) is 4. The molecule has 3 aliphatic rings. The number of fused-ring (bicyclic) bond motifs is 5. The van der Waals surface area contributed by atoms with Crippen LogP contribution in [0.25, 0.3) is 0 Å². The van der Waals surface area contributed by atoms with Crippen LogP contribution < -0.4 is 10.6 Å². The Kier molecular flexibility index (Phi) is 3.17. The maximum Gasteiger partial charge on any atom is 0.251 e. The first-order valence-corrected chi connectivity index (χ1v) is 9.03. The van der Waals surface area contributed by atoms with E-state index in [1.807, 2.05) is 13.8 Å². The molecule has 5 nitrogen and oxygen atoms in total. The van der Waals surface area contributed by atoms with Crippen LogP contribution in [0.4, 0.5) is 5.00 Å². The van der Waals surface area contributed by atoms with E-state index >= 15 is 0 Å². The Labute approximate surface area is 138 Å². The molecular formula is C17H20N2O3S. The second kappa shape index (κ2) is 4.90. The molecule has 0 unspecified atom stereocenters. The fourth-order valence-electron chi connectivity index (χ4n) is 4.64. The predicted molar refractivity (Wildman–Crippen MR) is 87.2 cm³/mol. The van der Waals surface area contributed by atoms with E-state index in [-0.39, 0.29) is 29.6 Å². The van der Waals surface area contributed by atoms with Crippen LogP contribution in [0.2, 0.25) is 0 Å². The number of rotatable bonds is 3. The van der Waals surface area contributed by atoms with Gasteiger partial charge in [0, 0.05) is 4.88 Å². The molecule has 2 bridgehead atoms.